The smallest absolute Gasteiger partial charge is 0.142 e. The molecule has 0 aliphatic heterocycles. The van der Waals surface area contributed by atoms with E-state index in [1.54, 1.807) is 6.07 Å². The summed E-state index contributed by atoms with van der Waals surface area (Å²) in [4.78, 5) is 2.38. The fraction of sp³-hybridized carbons (Fsp3) is 0.625. The van der Waals surface area contributed by atoms with Gasteiger partial charge < -0.3 is 15.0 Å². The Morgan fingerprint density at radius 1 is 1.14 bits per heavy atom. The van der Waals surface area contributed by atoms with Crippen molar-refractivity contribution < 1.29 is 4.74 Å². The highest BCUT2D eigenvalue weighted by molar-refractivity contribution is 6.35. The fourth-order valence-electron chi connectivity index (χ4n) is 2.11. The number of hydrogen-bond acceptors (Lipinski definition) is 3. The van der Waals surface area contributed by atoms with Crippen LogP contribution in [0.3, 0.4) is 0 Å². The maximum absolute atomic E-state index is 6.23. The van der Waals surface area contributed by atoms with Gasteiger partial charge in [0.25, 0.3) is 0 Å². The lowest BCUT2D eigenvalue weighted by Gasteiger charge is -2.19. The molecule has 0 atom stereocenters. The van der Waals surface area contributed by atoms with Gasteiger partial charge in [0, 0.05) is 30.2 Å². The summed E-state index contributed by atoms with van der Waals surface area (Å²) >= 11 is 12.3. The van der Waals surface area contributed by atoms with Crippen LogP contribution in [-0.2, 0) is 6.54 Å². The van der Waals surface area contributed by atoms with Crippen molar-refractivity contribution in [1.29, 1.82) is 0 Å². The molecule has 1 rings (SSSR count). The topological polar surface area (TPSA) is 24.5 Å². The van der Waals surface area contributed by atoms with E-state index in [2.05, 4.69) is 31.0 Å². The van der Waals surface area contributed by atoms with E-state index in [1.165, 1.54) is 0 Å². The van der Waals surface area contributed by atoms with Gasteiger partial charge in [-0.25, -0.2) is 0 Å². The van der Waals surface area contributed by atoms with Crippen molar-refractivity contribution in [3.63, 3.8) is 0 Å². The number of likely N-dealkylation sites (N-methyl/N-ethyl adjacent to an activating group) is 1. The van der Waals surface area contributed by atoms with Crippen LogP contribution >= 0.6 is 23.2 Å². The highest BCUT2D eigenvalue weighted by Crippen LogP contribution is 2.32. The Bertz CT molecular complexity index is 423. The second-order valence-electron chi connectivity index (χ2n) is 4.93. The van der Waals surface area contributed by atoms with Crippen LogP contribution in [0.1, 0.15) is 32.8 Å². The van der Waals surface area contributed by atoms with Crippen molar-refractivity contribution in [1.82, 2.24) is 10.2 Å². The Kier molecular flexibility index (Phi) is 9.09. The number of hydrogen-bond donors (Lipinski definition) is 1. The van der Waals surface area contributed by atoms with Gasteiger partial charge in [-0.3, -0.25) is 0 Å². The Morgan fingerprint density at radius 3 is 2.48 bits per heavy atom. The fourth-order valence-corrected chi connectivity index (χ4v) is 2.70. The van der Waals surface area contributed by atoms with Gasteiger partial charge in [-0.15, -0.1) is 0 Å². The number of benzene rings is 1. The molecule has 21 heavy (non-hydrogen) atoms. The minimum absolute atomic E-state index is 0.580. The summed E-state index contributed by atoms with van der Waals surface area (Å²) in [7, 11) is 0. The van der Waals surface area contributed by atoms with E-state index >= 15 is 0 Å². The molecular weight excluding hydrogens is 307 g/mol. The van der Waals surface area contributed by atoms with E-state index in [9.17, 15) is 0 Å². The molecule has 0 heterocycles. The van der Waals surface area contributed by atoms with Crippen molar-refractivity contribution in [3.8, 4) is 5.75 Å². The maximum atomic E-state index is 6.23. The highest BCUT2D eigenvalue weighted by atomic mass is 35.5. The second-order valence-corrected chi connectivity index (χ2v) is 5.77. The Hall–Kier alpha value is -0.480. The van der Waals surface area contributed by atoms with Gasteiger partial charge >= 0.3 is 0 Å². The molecule has 5 heteroatoms. The first kappa shape index (κ1) is 18.6. The van der Waals surface area contributed by atoms with Crippen LogP contribution in [0, 0.1) is 0 Å². The minimum Gasteiger partial charge on any atom is -0.492 e. The van der Waals surface area contributed by atoms with Crippen LogP contribution in [0.15, 0.2) is 12.1 Å². The highest BCUT2D eigenvalue weighted by Gasteiger charge is 2.10. The van der Waals surface area contributed by atoms with Gasteiger partial charge in [0.2, 0.25) is 0 Å². The molecule has 0 spiro atoms. The van der Waals surface area contributed by atoms with Gasteiger partial charge in [0.1, 0.15) is 5.75 Å². The molecule has 0 aromatic heterocycles. The molecular formula is C16H26Cl2N2O. The van der Waals surface area contributed by atoms with Crippen molar-refractivity contribution in [3.05, 3.63) is 27.7 Å². The summed E-state index contributed by atoms with van der Waals surface area (Å²) in [5, 5.41) is 4.66. The average Bonchev–Trinajstić information content (AvgIpc) is 2.46. The lowest BCUT2D eigenvalue weighted by Crippen LogP contribution is -2.31. The Labute approximate surface area is 138 Å². The molecule has 3 nitrogen and oxygen atoms in total. The molecule has 0 aliphatic carbocycles. The van der Waals surface area contributed by atoms with Crippen LogP contribution in [0.5, 0.6) is 5.75 Å². The zero-order chi connectivity index (χ0) is 15.7. The standard InChI is InChI=1S/C16H26Cl2N2O/c1-4-9-21-16-13(10-14(17)11-15(16)18)12-19-7-8-20(5-2)6-3/h10-11,19H,4-9,12H2,1-3H3. The van der Waals surface area contributed by atoms with E-state index in [0.717, 1.165) is 43.9 Å². The number of nitrogens with one attached hydrogen (secondary N) is 1. The largest absolute Gasteiger partial charge is 0.492 e. The zero-order valence-corrected chi connectivity index (χ0v) is 14.7. The second kappa shape index (κ2) is 10.3. The summed E-state index contributed by atoms with van der Waals surface area (Å²) in [5.41, 5.74) is 1.01. The van der Waals surface area contributed by atoms with Gasteiger partial charge in [0.15, 0.2) is 0 Å². The molecule has 120 valence electrons. The van der Waals surface area contributed by atoms with Crippen LogP contribution < -0.4 is 10.1 Å². The van der Waals surface area contributed by atoms with Gasteiger partial charge in [-0.2, -0.15) is 0 Å². The third-order valence-electron chi connectivity index (χ3n) is 3.35. The van der Waals surface area contributed by atoms with Crippen LogP contribution in [0.2, 0.25) is 10.0 Å². The number of nitrogens with zero attached hydrogens (tertiary/aromatic N) is 1. The number of rotatable bonds is 10. The monoisotopic (exact) mass is 332 g/mol. The van der Waals surface area contributed by atoms with Gasteiger partial charge in [-0.1, -0.05) is 44.0 Å². The van der Waals surface area contributed by atoms with Gasteiger partial charge in [0.05, 0.1) is 11.6 Å². The first-order valence-electron chi connectivity index (χ1n) is 7.66. The van der Waals surface area contributed by atoms with E-state index < -0.39 is 0 Å². The predicted molar refractivity (Wildman–Crippen MR) is 91.7 cm³/mol. The van der Waals surface area contributed by atoms with Crippen LogP contribution in [0.4, 0.5) is 0 Å². The Balaban J connectivity index is 2.60. The molecule has 0 aliphatic rings. The third-order valence-corrected chi connectivity index (χ3v) is 3.85. The first-order chi connectivity index (χ1) is 10.1. The summed E-state index contributed by atoms with van der Waals surface area (Å²) in [6.45, 7) is 11.9. The lowest BCUT2D eigenvalue weighted by atomic mass is 10.2. The molecule has 1 N–H and O–H groups in total. The summed E-state index contributed by atoms with van der Waals surface area (Å²) in [6.07, 6.45) is 0.952. The summed E-state index contributed by atoms with van der Waals surface area (Å²) in [5.74, 6) is 0.748. The van der Waals surface area contributed by atoms with Crippen molar-refractivity contribution in [2.45, 2.75) is 33.7 Å². The van der Waals surface area contributed by atoms with Crippen molar-refractivity contribution in [2.24, 2.45) is 0 Å². The summed E-state index contributed by atoms with van der Waals surface area (Å²) in [6, 6.07) is 3.65. The van der Waals surface area contributed by atoms with Crippen molar-refractivity contribution >= 4 is 23.2 Å². The minimum atomic E-state index is 0.580. The molecule has 0 radical (unpaired) electrons. The first-order valence-corrected chi connectivity index (χ1v) is 8.41. The normalized spacial score (nSPS) is 11.1. The van der Waals surface area contributed by atoms with E-state index in [0.29, 0.717) is 23.2 Å². The SMILES string of the molecule is CCCOc1c(Cl)cc(Cl)cc1CNCCN(CC)CC. The quantitative estimate of drug-likeness (QED) is 0.649. The molecule has 0 unspecified atom stereocenters. The molecule has 1 aromatic carbocycles. The van der Waals surface area contributed by atoms with Crippen molar-refractivity contribution in [2.75, 3.05) is 32.8 Å². The summed E-state index contributed by atoms with van der Waals surface area (Å²) < 4.78 is 5.75. The molecule has 1 aromatic rings. The van der Waals surface area contributed by atoms with Crippen LogP contribution in [0.25, 0.3) is 0 Å². The van der Waals surface area contributed by atoms with Gasteiger partial charge in [-0.05, 0) is 31.6 Å². The van der Waals surface area contributed by atoms with E-state index in [4.69, 9.17) is 27.9 Å². The molecule has 0 fully saturated rings. The molecule has 0 saturated carbocycles. The molecule has 0 saturated heterocycles. The number of ether oxygens (including phenoxy) is 1. The van der Waals surface area contributed by atoms with Crippen LogP contribution in [-0.4, -0.2) is 37.7 Å². The predicted octanol–water partition coefficient (Wildman–Crippen LogP) is 4.21. The average molecular weight is 333 g/mol. The zero-order valence-electron chi connectivity index (χ0n) is 13.2. The third kappa shape index (κ3) is 6.43. The number of halogens is 2. The lowest BCUT2D eigenvalue weighted by molar-refractivity contribution is 0.299. The molecule has 0 bridgehead atoms. The van der Waals surface area contributed by atoms with E-state index in [-0.39, 0.29) is 0 Å². The molecule has 0 amide bonds. The van der Waals surface area contributed by atoms with E-state index in [1.807, 2.05) is 6.07 Å². The maximum Gasteiger partial charge on any atom is 0.142 e. The Morgan fingerprint density at radius 2 is 1.86 bits per heavy atom.